The van der Waals surface area contributed by atoms with Gasteiger partial charge in [0, 0.05) is 40.5 Å². The Hall–Kier alpha value is -1.81. The van der Waals surface area contributed by atoms with Gasteiger partial charge in [-0.05, 0) is 67.6 Å². The average molecular weight is 427 g/mol. The maximum Gasteiger partial charge on any atom is 0.142 e. The molecule has 2 bridgehead atoms. The third kappa shape index (κ3) is 3.72. The van der Waals surface area contributed by atoms with Gasteiger partial charge in [-0.15, -0.1) is 0 Å². The van der Waals surface area contributed by atoms with Crippen LogP contribution >= 0.6 is 23.2 Å². The Morgan fingerprint density at radius 2 is 1.69 bits per heavy atom. The lowest BCUT2D eigenvalue weighted by molar-refractivity contribution is 0.122. The van der Waals surface area contributed by atoms with Crippen molar-refractivity contribution in [1.82, 2.24) is 10.1 Å². The number of hydrogen-bond acceptors (Lipinski definition) is 3. The number of rotatable bonds is 4. The molecule has 0 spiro atoms. The molecule has 2 aliphatic heterocycles. The van der Waals surface area contributed by atoms with Crippen LogP contribution in [-0.2, 0) is 6.42 Å². The second kappa shape index (κ2) is 7.79. The van der Waals surface area contributed by atoms with Crippen LogP contribution in [0.25, 0.3) is 0 Å². The van der Waals surface area contributed by atoms with Crippen LogP contribution in [0, 0.1) is 0 Å². The van der Waals surface area contributed by atoms with Gasteiger partial charge in [0.2, 0.25) is 0 Å². The van der Waals surface area contributed by atoms with E-state index in [0.717, 1.165) is 34.3 Å². The van der Waals surface area contributed by atoms with Crippen LogP contribution in [0.2, 0.25) is 10.0 Å². The number of aromatic nitrogens is 1. The zero-order chi connectivity index (χ0) is 20.0. The molecule has 0 N–H and O–H groups in total. The Labute approximate surface area is 181 Å². The first kappa shape index (κ1) is 19.2. The number of benzene rings is 2. The lowest BCUT2D eigenvalue weighted by Crippen LogP contribution is -2.44. The van der Waals surface area contributed by atoms with Crippen LogP contribution in [0.4, 0.5) is 0 Å². The van der Waals surface area contributed by atoms with E-state index in [-0.39, 0.29) is 0 Å². The molecule has 1 aromatic heterocycles. The van der Waals surface area contributed by atoms with Crippen molar-refractivity contribution in [3.8, 4) is 0 Å². The molecule has 2 unspecified atom stereocenters. The molecule has 0 aliphatic carbocycles. The molecule has 150 valence electrons. The maximum absolute atomic E-state index is 6.14. The molecule has 2 aliphatic rings. The third-order valence-electron chi connectivity index (χ3n) is 6.77. The Bertz CT molecular complexity index is 983. The molecule has 5 rings (SSSR count). The predicted molar refractivity (Wildman–Crippen MR) is 117 cm³/mol. The van der Waals surface area contributed by atoms with Gasteiger partial charge in [0.1, 0.15) is 5.76 Å². The molecule has 29 heavy (non-hydrogen) atoms. The topological polar surface area (TPSA) is 29.3 Å². The predicted octanol–water partition coefficient (Wildman–Crippen LogP) is 6.31. The van der Waals surface area contributed by atoms with Crippen LogP contribution in [0.3, 0.4) is 0 Å². The van der Waals surface area contributed by atoms with E-state index in [0.29, 0.717) is 23.9 Å². The number of nitrogens with zero attached hydrogens (tertiary/aromatic N) is 2. The second-order valence-electron chi connectivity index (χ2n) is 8.41. The van der Waals surface area contributed by atoms with E-state index in [1.165, 1.54) is 24.0 Å². The molecular formula is C24H24Cl2N2O. The second-order valence-corrected chi connectivity index (χ2v) is 9.28. The summed E-state index contributed by atoms with van der Waals surface area (Å²) in [7, 11) is 2.26. The van der Waals surface area contributed by atoms with Crippen LogP contribution in [0.1, 0.15) is 53.7 Å². The van der Waals surface area contributed by atoms with E-state index in [1.54, 1.807) is 0 Å². The van der Waals surface area contributed by atoms with Crippen molar-refractivity contribution in [2.24, 2.45) is 0 Å². The fraction of sp³-hybridized carbons (Fsp3) is 0.375. The first-order valence-corrected chi connectivity index (χ1v) is 11.0. The first-order chi connectivity index (χ1) is 14.1. The van der Waals surface area contributed by atoms with Crippen LogP contribution < -0.4 is 0 Å². The molecule has 3 nitrogen and oxygen atoms in total. The molecule has 2 saturated heterocycles. The van der Waals surface area contributed by atoms with Crippen molar-refractivity contribution >= 4 is 23.2 Å². The largest absolute Gasteiger partial charge is 0.361 e. The molecule has 0 saturated carbocycles. The monoisotopic (exact) mass is 426 g/mol. The van der Waals surface area contributed by atoms with E-state index in [9.17, 15) is 0 Å². The average Bonchev–Trinajstić information content (AvgIpc) is 3.26. The van der Waals surface area contributed by atoms with Gasteiger partial charge in [-0.2, -0.15) is 0 Å². The van der Waals surface area contributed by atoms with Gasteiger partial charge >= 0.3 is 0 Å². The fourth-order valence-electron chi connectivity index (χ4n) is 5.29. The Balaban J connectivity index is 1.45. The smallest absolute Gasteiger partial charge is 0.142 e. The summed E-state index contributed by atoms with van der Waals surface area (Å²) in [5.41, 5.74) is 3.50. The molecule has 2 fully saturated rings. The Kier molecular flexibility index (Phi) is 5.15. The number of piperidine rings is 1. The van der Waals surface area contributed by atoms with Crippen LogP contribution in [-0.4, -0.2) is 29.2 Å². The third-order valence-corrected chi connectivity index (χ3v) is 7.28. The van der Waals surface area contributed by atoms with Gasteiger partial charge in [0.05, 0.1) is 5.69 Å². The minimum Gasteiger partial charge on any atom is -0.361 e. The highest BCUT2D eigenvalue weighted by molar-refractivity contribution is 6.30. The minimum absolute atomic E-state index is 0.311. The van der Waals surface area contributed by atoms with Crippen LogP contribution in [0.15, 0.2) is 59.1 Å². The zero-order valence-corrected chi connectivity index (χ0v) is 17.9. The summed E-state index contributed by atoms with van der Waals surface area (Å²) in [6, 6.07) is 19.6. The number of likely N-dealkylation sites (N-methyl/N-ethyl adjacent to an activating group) is 1. The standard InChI is InChI=1S/C24H24Cl2N2O/c1-28-20-10-11-22(28)24(21(14-20)16-4-8-18(26)9-5-16)23-13-19(27-29-23)12-15-2-6-17(25)7-3-15/h2-9,13,20-22,24H,10-12,14H2,1H3/t20?,21-,22?,24+/m1/s1. The van der Waals surface area contributed by atoms with Crippen molar-refractivity contribution in [3.63, 3.8) is 0 Å². The molecular weight excluding hydrogens is 403 g/mol. The lowest BCUT2D eigenvalue weighted by Gasteiger charge is -2.42. The summed E-state index contributed by atoms with van der Waals surface area (Å²) >= 11 is 12.1. The summed E-state index contributed by atoms with van der Waals surface area (Å²) in [6.07, 6.45) is 4.37. The van der Waals surface area contributed by atoms with Gasteiger partial charge in [-0.25, -0.2) is 0 Å². The SMILES string of the molecule is CN1C2CCC1[C@@H](c1cc(Cc3ccc(Cl)cc3)no1)[C@@H](c1ccc(Cl)cc1)C2. The maximum atomic E-state index is 6.14. The number of halogens is 2. The highest BCUT2D eigenvalue weighted by Crippen LogP contribution is 2.51. The van der Waals surface area contributed by atoms with Gasteiger partial charge in [-0.3, -0.25) is 4.90 Å². The summed E-state index contributed by atoms with van der Waals surface area (Å²) in [5.74, 6) is 1.75. The summed E-state index contributed by atoms with van der Waals surface area (Å²) in [5, 5.41) is 5.95. The van der Waals surface area contributed by atoms with Gasteiger partial charge in [-0.1, -0.05) is 52.6 Å². The molecule has 0 amide bonds. The molecule has 3 heterocycles. The number of hydrogen-bond donors (Lipinski definition) is 0. The fourth-order valence-corrected chi connectivity index (χ4v) is 5.54. The summed E-state index contributed by atoms with van der Waals surface area (Å²) in [6.45, 7) is 0. The van der Waals surface area contributed by atoms with E-state index in [1.807, 2.05) is 36.4 Å². The van der Waals surface area contributed by atoms with Gasteiger partial charge < -0.3 is 4.52 Å². The molecule has 3 aromatic rings. The molecule has 2 aromatic carbocycles. The van der Waals surface area contributed by atoms with Crippen molar-refractivity contribution in [1.29, 1.82) is 0 Å². The summed E-state index contributed by atoms with van der Waals surface area (Å²) < 4.78 is 5.95. The lowest BCUT2D eigenvalue weighted by atomic mass is 9.75. The van der Waals surface area contributed by atoms with Crippen LogP contribution in [0.5, 0.6) is 0 Å². The van der Waals surface area contributed by atoms with Crippen molar-refractivity contribution in [2.45, 2.75) is 49.6 Å². The highest BCUT2D eigenvalue weighted by atomic mass is 35.5. The van der Waals surface area contributed by atoms with E-state index < -0.39 is 0 Å². The molecule has 0 radical (unpaired) electrons. The number of fused-ring (bicyclic) bond motifs is 2. The highest BCUT2D eigenvalue weighted by Gasteiger charge is 2.48. The normalized spacial score (nSPS) is 26.7. The first-order valence-electron chi connectivity index (χ1n) is 10.3. The summed E-state index contributed by atoms with van der Waals surface area (Å²) in [4.78, 5) is 2.55. The van der Waals surface area contributed by atoms with E-state index in [2.05, 4.69) is 35.3 Å². The van der Waals surface area contributed by atoms with Gasteiger partial charge in [0.15, 0.2) is 0 Å². The minimum atomic E-state index is 0.311. The van der Waals surface area contributed by atoms with E-state index >= 15 is 0 Å². The quantitative estimate of drug-likeness (QED) is 0.489. The zero-order valence-electron chi connectivity index (χ0n) is 16.4. The van der Waals surface area contributed by atoms with Crippen molar-refractivity contribution in [2.75, 3.05) is 7.05 Å². The van der Waals surface area contributed by atoms with Crippen molar-refractivity contribution in [3.05, 3.63) is 87.2 Å². The Morgan fingerprint density at radius 3 is 2.41 bits per heavy atom. The molecule has 4 atom stereocenters. The Morgan fingerprint density at radius 1 is 1.00 bits per heavy atom. The van der Waals surface area contributed by atoms with Gasteiger partial charge in [0.25, 0.3) is 0 Å². The van der Waals surface area contributed by atoms with E-state index in [4.69, 9.17) is 27.7 Å². The van der Waals surface area contributed by atoms with Crippen molar-refractivity contribution < 1.29 is 4.52 Å². The molecule has 5 heteroatoms.